The molecule has 0 aliphatic heterocycles. The average Bonchev–Trinajstić information content (AvgIpc) is 3.29. The zero-order valence-corrected chi connectivity index (χ0v) is 16.6. The van der Waals surface area contributed by atoms with Gasteiger partial charge >= 0.3 is 5.63 Å². The number of benzene rings is 2. The van der Waals surface area contributed by atoms with Crippen molar-refractivity contribution >= 4 is 11.8 Å². The highest BCUT2D eigenvalue weighted by Crippen LogP contribution is 2.30. The molecule has 0 saturated carbocycles. The van der Waals surface area contributed by atoms with E-state index in [9.17, 15) is 9.90 Å². The van der Waals surface area contributed by atoms with Gasteiger partial charge in [0.05, 0.1) is 0 Å². The van der Waals surface area contributed by atoms with Crippen LogP contribution in [0.15, 0.2) is 74.8 Å². The number of ether oxygens (including phenoxy) is 1. The van der Waals surface area contributed by atoms with E-state index in [-0.39, 0.29) is 23.0 Å². The summed E-state index contributed by atoms with van der Waals surface area (Å²) in [6.07, 6.45) is 0.789. The number of nitrogens with zero attached hydrogens (tertiary/aromatic N) is 3. The predicted octanol–water partition coefficient (Wildman–Crippen LogP) is 3.44. The number of thioether (sulfide) groups is 1. The van der Waals surface area contributed by atoms with Crippen LogP contribution in [0.2, 0.25) is 0 Å². The molecule has 0 aliphatic rings. The number of aryl methyl sites for hydroxylation is 1. The molecule has 0 saturated heterocycles. The highest BCUT2D eigenvalue weighted by molar-refractivity contribution is 7.99. The molecule has 152 valence electrons. The maximum Gasteiger partial charge on any atom is 0.353 e. The first-order valence-electron chi connectivity index (χ1n) is 9.18. The van der Waals surface area contributed by atoms with E-state index in [2.05, 4.69) is 20.6 Å². The molecule has 0 unspecified atom stereocenters. The summed E-state index contributed by atoms with van der Waals surface area (Å²) in [5.41, 5.74) is 1.27. The van der Waals surface area contributed by atoms with Crippen LogP contribution >= 0.6 is 11.8 Å². The van der Waals surface area contributed by atoms with Crippen LogP contribution in [0.5, 0.6) is 11.5 Å². The van der Waals surface area contributed by atoms with Crippen LogP contribution in [0.25, 0.3) is 11.3 Å². The van der Waals surface area contributed by atoms with Gasteiger partial charge in [-0.25, -0.2) is 4.79 Å². The zero-order chi connectivity index (χ0) is 20.8. The number of aromatic nitrogens is 4. The van der Waals surface area contributed by atoms with Crippen molar-refractivity contribution in [3.05, 3.63) is 82.5 Å². The fraction of sp³-hybridized carbons (Fsp3) is 0.143. The van der Waals surface area contributed by atoms with Crippen molar-refractivity contribution in [2.45, 2.75) is 17.9 Å². The molecular weight excluding hydrogens is 404 g/mol. The fourth-order valence-electron chi connectivity index (χ4n) is 2.77. The summed E-state index contributed by atoms with van der Waals surface area (Å²) in [4.78, 5) is 12.6. The lowest BCUT2D eigenvalue weighted by molar-refractivity contribution is 0.296. The Kier molecular flexibility index (Phi) is 6.09. The average molecular weight is 422 g/mol. The maximum absolute atomic E-state index is 12.4. The minimum atomic E-state index is -0.555. The molecule has 4 aromatic rings. The van der Waals surface area contributed by atoms with E-state index in [0.29, 0.717) is 22.9 Å². The van der Waals surface area contributed by atoms with Gasteiger partial charge in [0.2, 0.25) is 5.82 Å². The quantitative estimate of drug-likeness (QED) is 0.415. The standard InChI is InChI=1S/C21H18N4O4S/c26-17-12-18(15-6-8-16(9-7-15)28-13-19-22-24-25-23-19)29-21(27)20(17)30-11-10-14-4-2-1-3-5-14/h1-9,12,26H,10-11,13H2,(H,22,23,24,25). The molecule has 9 heteroatoms. The Labute approximate surface area is 175 Å². The van der Waals surface area contributed by atoms with E-state index in [1.807, 2.05) is 30.3 Å². The molecule has 0 fully saturated rings. The van der Waals surface area contributed by atoms with Crippen molar-refractivity contribution in [1.29, 1.82) is 0 Å². The predicted molar refractivity (Wildman–Crippen MR) is 111 cm³/mol. The van der Waals surface area contributed by atoms with Gasteiger partial charge in [-0.3, -0.25) is 0 Å². The summed E-state index contributed by atoms with van der Waals surface area (Å²) in [5.74, 6) is 1.90. The molecule has 0 atom stereocenters. The van der Waals surface area contributed by atoms with Gasteiger partial charge in [-0.1, -0.05) is 35.5 Å². The van der Waals surface area contributed by atoms with Crippen LogP contribution < -0.4 is 10.4 Å². The van der Waals surface area contributed by atoms with E-state index in [4.69, 9.17) is 9.15 Å². The van der Waals surface area contributed by atoms with Crippen molar-refractivity contribution < 1.29 is 14.3 Å². The number of nitrogens with one attached hydrogen (secondary N) is 1. The molecule has 2 aromatic carbocycles. The second-order valence-electron chi connectivity index (χ2n) is 6.34. The first kappa shape index (κ1) is 19.7. The minimum Gasteiger partial charge on any atom is -0.506 e. The fourth-order valence-corrected chi connectivity index (χ4v) is 3.68. The van der Waals surface area contributed by atoms with Gasteiger partial charge < -0.3 is 14.3 Å². The molecule has 30 heavy (non-hydrogen) atoms. The number of aromatic amines is 1. The Balaban J connectivity index is 1.41. The Morgan fingerprint density at radius 1 is 1.10 bits per heavy atom. The highest BCUT2D eigenvalue weighted by Gasteiger charge is 2.13. The monoisotopic (exact) mass is 422 g/mol. The Morgan fingerprint density at radius 2 is 1.90 bits per heavy atom. The largest absolute Gasteiger partial charge is 0.506 e. The smallest absolute Gasteiger partial charge is 0.353 e. The normalized spacial score (nSPS) is 10.8. The summed E-state index contributed by atoms with van der Waals surface area (Å²) in [7, 11) is 0. The second-order valence-corrected chi connectivity index (χ2v) is 7.44. The molecule has 2 heterocycles. The highest BCUT2D eigenvalue weighted by atomic mass is 32.2. The molecule has 0 bridgehead atoms. The Bertz CT molecular complexity index is 1150. The summed E-state index contributed by atoms with van der Waals surface area (Å²) >= 11 is 1.28. The van der Waals surface area contributed by atoms with Gasteiger partial charge in [0.1, 0.15) is 22.2 Å². The lowest BCUT2D eigenvalue weighted by Crippen LogP contribution is -2.04. The van der Waals surface area contributed by atoms with Crippen LogP contribution in [0.1, 0.15) is 11.4 Å². The van der Waals surface area contributed by atoms with Crippen molar-refractivity contribution in [3.63, 3.8) is 0 Å². The number of hydrogen-bond acceptors (Lipinski definition) is 8. The molecular formula is C21H18N4O4S. The molecule has 4 rings (SSSR count). The first-order valence-corrected chi connectivity index (χ1v) is 10.2. The van der Waals surface area contributed by atoms with Crippen molar-refractivity contribution in [2.75, 3.05) is 5.75 Å². The first-order chi connectivity index (χ1) is 14.7. The third-order valence-electron chi connectivity index (χ3n) is 4.26. The Morgan fingerprint density at radius 3 is 2.60 bits per heavy atom. The van der Waals surface area contributed by atoms with Gasteiger partial charge in [0.15, 0.2) is 6.61 Å². The minimum absolute atomic E-state index is 0.0863. The maximum atomic E-state index is 12.4. The molecule has 0 radical (unpaired) electrons. The van der Waals surface area contributed by atoms with E-state index in [1.54, 1.807) is 24.3 Å². The molecule has 0 spiro atoms. The van der Waals surface area contributed by atoms with Crippen molar-refractivity contribution in [3.8, 4) is 22.8 Å². The summed E-state index contributed by atoms with van der Waals surface area (Å²) in [6, 6.07) is 18.4. The van der Waals surface area contributed by atoms with Crippen LogP contribution in [0, 0.1) is 0 Å². The number of hydrogen-bond donors (Lipinski definition) is 2. The topological polar surface area (TPSA) is 114 Å². The van der Waals surface area contributed by atoms with Crippen molar-refractivity contribution in [1.82, 2.24) is 20.6 Å². The zero-order valence-electron chi connectivity index (χ0n) is 15.8. The molecule has 2 aromatic heterocycles. The summed E-state index contributed by atoms with van der Waals surface area (Å²) in [5, 5.41) is 23.8. The van der Waals surface area contributed by atoms with Crippen LogP contribution in [-0.4, -0.2) is 31.5 Å². The van der Waals surface area contributed by atoms with Crippen molar-refractivity contribution in [2.24, 2.45) is 0 Å². The number of rotatable bonds is 8. The lowest BCUT2D eigenvalue weighted by Gasteiger charge is -2.07. The number of tetrazole rings is 1. The third-order valence-corrected chi connectivity index (χ3v) is 5.34. The summed E-state index contributed by atoms with van der Waals surface area (Å²) in [6.45, 7) is 0.181. The van der Waals surface area contributed by atoms with Gasteiger partial charge in [-0.05, 0) is 36.2 Å². The third kappa shape index (κ3) is 4.87. The number of aromatic hydroxyl groups is 1. The van der Waals surface area contributed by atoms with Crippen LogP contribution in [-0.2, 0) is 13.0 Å². The SMILES string of the molecule is O=c1oc(-c2ccc(OCc3nn[nH]n3)cc2)cc(O)c1SCCc1ccccc1. The van der Waals surface area contributed by atoms with Crippen LogP contribution in [0.3, 0.4) is 0 Å². The molecule has 0 aliphatic carbocycles. The van der Waals surface area contributed by atoms with Gasteiger partial charge in [-0.2, -0.15) is 5.21 Å². The molecule has 2 N–H and O–H groups in total. The van der Waals surface area contributed by atoms with Gasteiger partial charge in [-0.15, -0.1) is 22.0 Å². The lowest BCUT2D eigenvalue weighted by atomic mass is 10.1. The van der Waals surface area contributed by atoms with Gasteiger partial charge in [0.25, 0.3) is 0 Å². The second kappa shape index (κ2) is 9.27. The van der Waals surface area contributed by atoms with E-state index in [0.717, 1.165) is 6.42 Å². The molecule has 8 nitrogen and oxygen atoms in total. The van der Waals surface area contributed by atoms with E-state index < -0.39 is 5.63 Å². The van der Waals surface area contributed by atoms with Gasteiger partial charge in [0, 0.05) is 17.4 Å². The van der Waals surface area contributed by atoms with E-state index >= 15 is 0 Å². The summed E-state index contributed by atoms with van der Waals surface area (Å²) < 4.78 is 11.0. The molecule has 0 amide bonds. The Hall–Kier alpha value is -3.59. The van der Waals surface area contributed by atoms with Crippen LogP contribution in [0.4, 0.5) is 0 Å². The number of H-pyrrole nitrogens is 1. The van der Waals surface area contributed by atoms with E-state index in [1.165, 1.54) is 23.4 Å².